The van der Waals surface area contributed by atoms with Crippen LogP contribution in [0.5, 0.6) is 0 Å². The molecule has 1 atom stereocenters. The van der Waals surface area contributed by atoms with Gasteiger partial charge in [-0.15, -0.1) is 0 Å². The van der Waals surface area contributed by atoms with Gasteiger partial charge in [0.15, 0.2) is 11.5 Å². The smallest absolute Gasteiger partial charge is 0.165 e. The van der Waals surface area contributed by atoms with Crippen molar-refractivity contribution in [2.24, 2.45) is 5.92 Å². The Morgan fingerprint density at radius 3 is 2.74 bits per heavy atom. The molecule has 0 aliphatic carbocycles. The Kier molecular flexibility index (Phi) is 3.71. The zero-order chi connectivity index (χ0) is 14.0. The summed E-state index contributed by atoms with van der Waals surface area (Å²) in [6.45, 7) is 10.5. The average molecular weight is 262 g/mol. The largest absolute Gasteiger partial charge is 0.382 e. The summed E-state index contributed by atoms with van der Waals surface area (Å²) in [6, 6.07) is 0. The van der Waals surface area contributed by atoms with E-state index in [0.29, 0.717) is 17.3 Å². The highest BCUT2D eigenvalue weighted by atomic mass is 15.1. The molecule has 2 heterocycles. The number of aromatic nitrogens is 4. The van der Waals surface area contributed by atoms with Crippen LogP contribution < -0.4 is 11.1 Å². The Hall–Kier alpha value is -1.69. The zero-order valence-corrected chi connectivity index (χ0v) is 12.0. The lowest BCUT2D eigenvalue weighted by Crippen LogP contribution is -2.39. The van der Waals surface area contributed by atoms with E-state index >= 15 is 0 Å². The van der Waals surface area contributed by atoms with Crippen molar-refractivity contribution in [3.8, 4) is 0 Å². The van der Waals surface area contributed by atoms with Gasteiger partial charge in [0, 0.05) is 12.1 Å². The number of nitrogens with two attached hydrogens (primary N) is 1. The highest BCUT2D eigenvalue weighted by Crippen LogP contribution is 2.15. The van der Waals surface area contributed by atoms with Crippen molar-refractivity contribution in [3.63, 3.8) is 0 Å². The summed E-state index contributed by atoms with van der Waals surface area (Å²) in [5.74, 6) is 0.914. The average Bonchev–Trinajstić information content (AvgIpc) is 2.71. The first kappa shape index (κ1) is 13.7. The summed E-state index contributed by atoms with van der Waals surface area (Å²) in [5.41, 5.74) is 7.39. The molecule has 0 aliphatic heterocycles. The summed E-state index contributed by atoms with van der Waals surface area (Å²) in [6.07, 6.45) is 3.26. The third-order valence-electron chi connectivity index (χ3n) is 2.92. The number of rotatable bonds is 4. The summed E-state index contributed by atoms with van der Waals surface area (Å²) in [7, 11) is 0. The van der Waals surface area contributed by atoms with Crippen LogP contribution in [-0.4, -0.2) is 31.6 Å². The molecular formula is C13H22N6. The predicted molar refractivity (Wildman–Crippen MR) is 76.7 cm³/mol. The van der Waals surface area contributed by atoms with Crippen LogP contribution in [0.2, 0.25) is 0 Å². The van der Waals surface area contributed by atoms with E-state index in [1.54, 1.807) is 6.33 Å². The van der Waals surface area contributed by atoms with Crippen molar-refractivity contribution in [1.82, 2.24) is 24.8 Å². The zero-order valence-electron chi connectivity index (χ0n) is 12.0. The van der Waals surface area contributed by atoms with Crippen LogP contribution in [0.1, 0.15) is 27.7 Å². The van der Waals surface area contributed by atoms with Gasteiger partial charge in [-0.2, -0.15) is 0 Å². The fourth-order valence-electron chi connectivity index (χ4n) is 1.91. The number of fused-ring (bicyclic) bond motifs is 1. The minimum atomic E-state index is 0.137. The molecular weight excluding hydrogens is 240 g/mol. The minimum absolute atomic E-state index is 0.137. The Balaban J connectivity index is 2.07. The Labute approximate surface area is 113 Å². The first-order chi connectivity index (χ1) is 8.87. The van der Waals surface area contributed by atoms with Gasteiger partial charge in [-0.3, -0.25) is 0 Å². The molecule has 0 aromatic carbocycles. The maximum absolute atomic E-state index is 5.78. The first-order valence-corrected chi connectivity index (χ1v) is 6.53. The predicted octanol–water partition coefficient (Wildman–Crippen LogP) is 1.43. The molecule has 1 unspecified atom stereocenters. The number of hydrogen-bond donors (Lipinski definition) is 2. The summed E-state index contributed by atoms with van der Waals surface area (Å²) in [4.78, 5) is 12.5. The number of nitrogens with zero attached hydrogens (tertiary/aromatic N) is 4. The van der Waals surface area contributed by atoms with Crippen LogP contribution >= 0.6 is 0 Å². The molecule has 104 valence electrons. The molecule has 3 N–H and O–H groups in total. The van der Waals surface area contributed by atoms with Crippen LogP contribution in [0.15, 0.2) is 12.7 Å². The number of nitrogens with one attached hydrogen (secondary N) is 1. The van der Waals surface area contributed by atoms with E-state index in [4.69, 9.17) is 5.73 Å². The monoisotopic (exact) mass is 262 g/mol. The molecule has 0 bridgehead atoms. The quantitative estimate of drug-likeness (QED) is 0.871. The molecule has 6 nitrogen and oxygen atoms in total. The molecule has 0 fully saturated rings. The van der Waals surface area contributed by atoms with Crippen LogP contribution in [0.4, 0.5) is 5.82 Å². The Morgan fingerprint density at radius 2 is 2.05 bits per heavy atom. The fraction of sp³-hybridized carbons (Fsp3) is 0.615. The molecule has 0 saturated carbocycles. The van der Waals surface area contributed by atoms with Crippen LogP contribution in [0.25, 0.3) is 11.2 Å². The SMILES string of the molecule is CC(CNC(C)(C)C)Cn1cnc2c(N)ncnc21. The lowest BCUT2D eigenvalue weighted by atomic mass is 10.1. The van der Waals surface area contributed by atoms with E-state index in [1.807, 2.05) is 4.57 Å². The van der Waals surface area contributed by atoms with Gasteiger partial charge < -0.3 is 15.6 Å². The molecule has 2 aromatic rings. The third kappa shape index (κ3) is 3.41. The summed E-state index contributed by atoms with van der Waals surface area (Å²) in [5, 5.41) is 3.50. The van der Waals surface area contributed by atoms with E-state index in [-0.39, 0.29) is 5.54 Å². The molecule has 0 saturated heterocycles. The minimum Gasteiger partial charge on any atom is -0.382 e. The van der Waals surface area contributed by atoms with Gasteiger partial charge in [0.1, 0.15) is 11.8 Å². The van der Waals surface area contributed by atoms with E-state index in [1.165, 1.54) is 6.33 Å². The second-order valence-electron chi connectivity index (χ2n) is 6.06. The highest BCUT2D eigenvalue weighted by molar-refractivity contribution is 5.81. The van der Waals surface area contributed by atoms with Gasteiger partial charge in [-0.05, 0) is 33.2 Å². The van der Waals surface area contributed by atoms with Crippen molar-refractivity contribution in [3.05, 3.63) is 12.7 Å². The number of imidazole rings is 1. The van der Waals surface area contributed by atoms with Gasteiger partial charge in [0.2, 0.25) is 0 Å². The fourth-order valence-corrected chi connectivity index (χ4v) is 1.91. The van der Waals surface area contributed by atoms with Gasteiger partial charge in [0.25, 0.3) is 0 Å². The lowest BCUT2D eigenvalue weighted by molar-refractivity contribution is 0.362. The second kappa shape index (κ2) is 5.13. The topological polar surface area (TPSA) is 81.7 Å². The van der Waals surface area contributed by atoms with E-state index < -0.39 is 0 Å². The Morgan fingerprint density at radius 1 is 1.32 bits per heavy atom. The standard InChI is InChI=1S/C13H22N6/c1-9(5-18-13(2,3)4)6-19-8-17-10-11(14)15-7-16-12(10)19/h7-9,18H,5-6H2,1-4H3,(H2,14,15,16). The van der Waals surface area contributed by atoms with Gasteiger partial charge in [-0.25, -0.2) is 15.0 Å². The normalized spacial score (nSPS) is 13.9. The molecule has 0 amide bonds. The van der Waals surface area contributed by atoms with E-state index in [2.05, 4.69) is 48.0 Å². The molecule has 0 aliphatic rings. The molecule has 2 rings (SSSR count). The van der Waals surface area contributed by atoms with Crippen molar-refractivity contribution >= 4 is 17.0 Å². The second-order valence-corrected chi connectivity index (χ2v) is 6.06. The van der Waals surface area contributed by atoms with Crippen molar-refractivity contribution in [1.29, 1.82) is 0 Å². The first-order valence-electron chi connectivity index (χ1n) is 6.53. The highest BCUT2D eigenvalue weighted by Gasteiger charge is 2.13. The van der Waals surface area contributed by atoms with Crippen LogP contribution in [-0.2, 0) is 6.54 Å². The summed E-state index contributed by atoms with van der Waals surface area (Å²) >= 11 is 0. The lowest BCUT2D eigenvalue weighted by Gasteiger charge is -2.23. The van der Waals surface area contributed by atoms with E-state index in [9.17, 15) is 0 Å². The van der Waals surface area contributed by atoms with Gasteiger partial charge >= 0.3 is 0 Å². The molecule has 0 spiro atoms. The maximum atomic E-state index is 5.78. The number of nitrogen functional groups attached to an aromatic ring is 1. The maximum Gasteiger partial charge on any atom is 0.165 e. The molecule has 19 heavy (non-hydrogen) atoms. The van der Waals surface area contributed by atoms with Gasteiger partial charge in [-0.1, -0.05) is 6.92 Å². The Bertz CT molecular complexity index is 554. The van der Waals surface area contributed by atoms with Crippen molar-refractivity contribution in [2.75, 3.05) is 12.3 Å². The molecule has 6 heteroatoms. The van der Waals surface area contributed by atoms with Crippen LogP contribution in [0, 0.1) is 5.92 Å². The number of anilines is 1. The van der Waals surface area contributed by atoms with E-state index in [0.717, 1.165) is 18.7 Å². The van der Waals surface area contributed by atoms with Crippen molar-refractivity contribution in [2.45, 2.75) is 39.8 Å². The number of hydrogen-bond acceptors (Lipinski definition) is 5. The summed E-state index contributed by atoms with van der Waals surface area (Å²) < 4.78 is 2.03. The van der Waals surface area contributed by atoms with Crippen LogP contribution in [0.3, 0.4) is 0 Å². The molecule has 2 aromatic heterocycles. The third-order valence-corrected chi connectivity index (χ3v) is 2.92. The molecule has 0 radical (unpaired) electrons. The van der Waals surface area contributed by atoms with Gasteiger partial charge in [0.05, 0.1) is 6.33 Å². The van der Waals surface area contributed by atoms with Crippen molar-refractivity contribution < 1.29 is 0 Å².